The normalized spacial score (nSPS) is 13.5. The third-order valence-corrected chi connectivity index (χ3v) is 5.14. The number of methoxy groups -OCH3 is 2. The van der Waals surface area contributed by atoms with Crippen molar-refractivity contribution in [3.05, 3.63) is 95.4 Å². The van der Waals surface area contributed by atoms with Crippen LogP contribution in [0.2, 0.25) is 0 Å². The van der Waals surface area contributed by atoms with E-state index in [2.05, 4.69) is 5.32 Å². The van der Waals surface area contributed by atoms with E-state index >= 15 is 0 Å². The van der Waals surface area contributed by atoms with Gasteiger partial charge in [-0.2, -0.15) is 0 Å². The molecule has 0 radical (unpaired) electrons. The lowest BCUT2D eigenvalue weighted by molar-refractivity contribution is -0.137. The summed E-state index contributed by atoms with van der Waals surface area (Å²) in [5.74, 6) is -0.476. The Hall–Kier alpha value is -4.13. The van der Waals surface area contributed by atoms with Crippen molar-refractivity contribution in [2.75, 3.05) is 19.5 Å². The van der Waals surface area contributed by atoms with E-state index in [4.69, 9.17) is 9.47 Å². The molecule has 3 aromatic carbocycles. The monoisotopic (exact) mass is 432 g/mol. The van der Waals surface area contributed by atoms with Crippen LogP contribution in [0.3, 0.4) is 0 Å². The quantitative estimate of drug-likeness (QED) is 0.566. The largest absolute Gasteiger partial charge is 0.497 e. The highest BCUT2D eigenvalue weighted by atomic mass is 19.1. The highest BCUT2D eigenvalue weighted by Gasteiger charge is 2.39. The van der Waals surface area contributed by atoms with Gasteiger partial charge in [-0.15, -0.1) is 0 Å². The first-order valence-corrected chi connectivity index (χ1v) is 9.91. The molecule has 7 heteroatoms. The molecule has 162 valence electrons. The number of hydrogen-bond acceptors (Lipinski definition) is 5. The van der Waals surface area contributed by atoms with Crippen LogP contribution in [-0.4, -0.2) is 30.9 Å². The Morgan fingerprint density at radius 3 is 2.09 bits per heavy atom. The van der Waals surface area contributed by atoms with Gasteiger partial charge in [0, 0.05) is 29.4 Å². The molecule has 0 atom stereocenters. The van der Waals surface area contributed by atoms with E-state index in [1.54, 1.807) is 60.7 Å². The zero-order chi connectivity index (χ0) is 22.7. The molecular formula is C25H21FN2O4. The van der Waals surface area contributed by atoms with Crippen molar-refractivity contribution in [2.24, 2.45) is 0 Å². The van der Waals surface area contributed by atoms with E-state index in [9.17, 15) is 14.0 Å². The van der Waals surface area contributed by atoms with E-state index in [0.29, 0.717) is 22.7 Å². The molecule has 0 saturated heterocycles. The fourth-order valence-electron chi connectivity index (χ4n) is 3.53. The first kappa shape index (κ1) is 21.1. The van der Waals surface area contributed by atoms with Gasteiger partial charge < -0.3 is 14.8 Å². The van der Waals surface area contributed by atoms with Crippen LogP contribution >= 0.6 is 0 Å². The molecule has 0 fully saturated rings. The minimum absolute atomic E-state index is 0.104. The van der Waals surface area contributed by atoms with Crippen molar-refractivity contribution >= 4 is 23.1 Å². The van der Waals surface area contributed by atoms with Gasteiger partial charge in [0.05, 0.1) is 26.3 Å². The van der Waals surface area contributed by atoms with Crippen LogP contribution in [0.25, 0.3) is 5.57 Å². The van der Waals surface area contributed by atoms with Crippen LogP contribution in [-0.2, 0) is 16.1 Å². The van der Waals surface area contributed by atoms with Crippen molar-refractivity contribution in [1.82, 2.24) is 4.90 Å². The Balaban J connectivity index is 1.76. The number of carbonyl (C=O) groups is 2. The van der Waals surface area contributed by atoms with Gasteiger partial charge in [-0.25, -0.2) is 4.39 Å². The highest BCUT2D eigenvalue weighted by molar-refractivity contribution is 6.36. The SMILES string of the molecule is COc1cc(NC2=C(c3ccccc3)C(=O)N(Cc3ccccc3F)C2=O)cc(OC)c1. The Bertz CT molecular complexity index is 1190. The summed E-state index contributed by atoms with van der Waals surface area (Å²) < 4.78 is 24.8. The minimum Gasteiger partial charge on any atom is -0.497 e. The maximum atomic E-state index is 14.2. The summed E-state index contributed by atoms with van der Waals surface area (Å²) in [6.45, 7) is -0.173. The van der Waals surface area contributed by atoms with Crippen molar-refractivity contribution in [1.29, 1.82) is 0 Å². The number of ether oxygens (including phenoxy) is 2. The van der Waals surface area contributed by atoms with Gasteiger partial charge in [0.15, 0.2) is 0 Å². The van der Waals surface area contributed by atoms with Crippen LogP contribution in [0.15, 0.2) is 78.5 Å². The van der Waals surface area contributed by atoms with Crippen molar-refractivity contribution in [2.45, 2.75) is 6.54 Å². The first-order valence-electron chi connectivity index (χ1n) is 9.91. The van der Waals surface area contributed by atoms with Gasteiger partial charge in [0.2, 0.25) is 0 Å². The summed E-state index contributed by atoms with van der Waals surface area (Å²) in [7, 11) is 3.04. The van der Waals surface area contributed by atoms with Gasteiger partial charge >= 0.3 is 0 Å². The van der Waals surface area contributed by atoms with Gasteiger partial charge in [0.1, 0.15) is 23.0 Å². The van der Waals surface area contributed by atoms with Crippen molar-refractivity contribution in [3.63, 3.8) is 0 Å². The molecule has 6 nitrogen and oxygen atoms in total. The van der Waals surface area contributed by atoms with E-state index in [0.717, 1.165) is 4.90 Å². The average molecular weight is 432 g/mol. The van der Waals surface area contributed by atoms with E-state index < -0.39 is 17.6 Å². The molecule has 1 heterocycles. The lowest BCUT2D eigenvalue weighted by Crippen LogP contribution is -2.32. The molecule has 0 saturated carbocycles. The van der Waals surface area contributed by atoms with E-state index in [-0.39, 0.29) is 23.4 Å². The number of anilines is 1. The molecule has 0 aromatic heterocycles. The Morgan fingerprint density at radius 2 is 1.47 bits per heavy atom. The molecule has 3 aromatic rings. The molecule has 4 rings (SSSR count). The van der Waals surface area contributed by atoms with Gasteiger partial charge in [-0.05, 0) is 11.6 Å². The summed E-state index contributed by atoms with van der Waals surface area (Å²) in [6.07, 6.45) is 0. The van der Waals surface area contributed by atoms with Crippen molar-refractivity contribution < 1.29 is 23.5 Å². The second kappa shape index (κ2) is 8.93. The van der Waals surface area contributed by atoms with Crippen LogP contribution in [0.1, 0.15) is 11.1 Å². The zero-order valence-corrected chi connectivity index (χ0v) is 17.6. The molecule has 0 unspecified atom stereocenters. The van der Waals surface area contributed by atoms with E-state index in [1.165, 1.54) is 20.3 Å². The minimum atomic E-state index is -0.543. The lowest BCUT2D eigenvalue weighted by atomic mass is 10.0. The smallest absolute Gasteiger partial charge is 0.278 e. The van der Waals surface area contributed by atoms with Gasteiger partial charge in [-0.3, -0.25) is 14.5 Å². The van der Waals surface area contributed by atoms with Crippen LogP contribution < -0.4 is 14.8 Å². The number of rotatable bonds is 7. The zero-order valence-electron chi connectivity index (χ0n) is 17.6. The predicted molar refractivity (Wildman–Crippen MR) is 118 cm³/mol. The summed E-state index contributed by atoms with van der Waals surface area (Å²) >= 11 is 0. The second-order valence-corrected chi connectivity index (χ2v) is 7.13. The fourth-order valence-corrected chi connectivity index (χ4v) is 3.53. The maximum Gasteiger partial charge on any atom is 0.278 e. The third-order valence-electron chi connectivity index (χ3n) is 5.14. The van der Waals surface area contributed by atoms with Crippen LogP contribution in [0.5, 0.6) is 11.5 Å². The lowest BCUT2D eigenvalue weighted by Gasteiger charge is -2.16. The number of nitrogens with zero attached hydrogens (tertiary/aromatic N) is 1. The molecule has 0 aliphatic carbocycles. The number of benzene rings is 3. The average Bonchev–Trinajstić information content (AvgIpc) is 3.04. The van der Waals surface area contributed by atoms with Crippen LogP contribution in [0.4, 0.5) is 10.1 Å². The summed E-state index contributed by atoms with van der Waals surface area (Å²) in [4.78, 5) is 27.7. The van der Waals surface area contributed by atoms with Gasteiger partial charge in [-0.1, -0.05) is 48.5 Å². The third kappa shape index (κ3) is 4.05. The molecule has 0 spiro atoms. The van der Waals surface area contributed by atoms with Gasteiger partial charge in [0.25, 0.3) is 11.8 Å². The first-order chi connectivity index (χ1) is 15.5. The molecule has 32 heavy (non-hydrogen) atoms. The molecule has 2 amide bonds. The molecule has 0 bridgehead atoms. The predicted octanol–water partition coefficient (Wildman–Crippen LogP) is 4.24. The number of amides is 2. The molecule has 1 N–H and O–H groups in total. The summed E-state index contributed by atoms with van der Waals surface area (Å²) in [5.41, 5.74) is 1.67. The Labute approximate surface area is 184 Å². The molecule has 1 aliphatic rings. The van der Waals surface area contributed by atoms with Crippen LogP contribution in [0, 0.1) is 5.82 Å². The van der Waals surface area contributed by atoms with E-state index in [1.807, 2.05) is 6.07 Å². The maximum absolute atomic E-state index is 14.2. The fraction of sp³-hybridized carbons (Fsp3) is 0.120. The number of hydrogen-bond donors (Lipinski definition) is 1. The molecule has 1 aliphatic heterocycles. The number of nitrogens with one attached hydrogen (secondary N) is 1. The topological polar surface area (TPSA) is 67.9 Å². The standard InChI is InChI=1S/C25H21FN2O4/c1-31-19-12-18(13-20(14-19)32-2)27-23-22(16-8-4-3-5-9-16)24(29)28(25(23)30)15-17-10-6-7-11-21(17)26/h3-14,27H,15H2,1-2H3. The highest BCUT2D eigenvalue weighted by Crippen LogP contribution is 2.33. The summed E-state index contributed by atoms with van der Waals surface area (Å²) in [5, 5.41) is 3.06. The Kier molecular flexibility index (Phi) is 5.89. The number of carbonyl (C=O) groups excluding carboxylic acids is 2. The molecular weight excluding hydrogens is 411 g/mol. The number of halogens is 1. The second-order valence-electron chi connectivity index (χ2n) is 7.13. The van der Waals surface area contributed by atoms with Crippen molar-refractivity contribution in [3.8, 4) is 11.5 Å². The Morgan fingerprint density at radius 1 is 0.844 bits per heavy atom. The number of imide groups is 1. The summed E-state index contributed by atoms with van der Waals surface area (Å²) in [6, 6.07) is 20.0.